The van der Waals surface area contributed by atoms with Gasteiger partial charge in [0.1, 0.15) is 0 Å². The van der Waals surface area contributed by atoms with E-state index >= 15 is 0 Å². The van der Waals surface area contributed by atoms with Gasteiger partial charge in [-0.05, 0) is 31.0 Å². The molecule has 8 heteroatoms. The van der Waals surface area contributed by atoms with Crippen molar-refractivity contribution < 1.29 is 19.1 Å². The fraction of sp³-hybridized carbons (Fsp3) is 0.389. The predicted octanol–water partition coefficient (Wildman–Crippen LogP) is 4.05. The van der Waals surface area contributed by atoms with Crippen LogP contribution in [0.4, 0.5) is 0 Å². The number of amides is 1. The molecule has 0 bridgehead atoms. The van der Waals surface area contributed by atoms with Crippen LogP contribution in [-0.4, -0.2) is 39.5 Å². The van der Waals surface area contributed by atoms with E-state index in [1.165, 1.54) is 0 Å². The third-order valence-corrected chi connectivity index (χ3v) is 4.96. The van der Waals surface area contributed by atoms with Crippen LogP contribution in [0.3, 0.4) is 0 Å². The Morgan fingerprint density at radius 3 is 2.88 bits per heavy atom. The van der Waals surface area contributed by atoms with E-state index in [1.54, 1.807) is 29.3 Å². The monoisotopic (exact) mass is 396 g/mol. The molecule has 0 radical (unpaired) electrons. The molecule has 1 amide bonds. The molecule has 0 aliphatic carbocycles. The quantitative estimate of drug-likeness (QED) is 0.795. The maximum atomic E-state index is 12.4. The first-order valence-electron chi connectivity index (χ1n) is 8.35. The number of benzene rings is 1. The van der Waals surface area contributed by atoms with Crippen LogP contribution in [0.15, 0.2) is 28.8 Å². The number of aromatic nitrogens is 1. The molecule has 1 unspecified atom stereocenters. The molecule has 0 saturated carbocycles. The molecule has 1 fully saturated rings. The highest BCUT2D eigenvalue weighted by molar-refractivity contribution is 6.36. The lowest BCUT2D eigenvalue weighted by atomic mass is 10.1. The molecule has 2 aromatic rings. The Labute approximate surface area is 160 Å². The van der Waals surface area contributed by atoms with Crippen molar-refractivity contribution in [2.24, 2.45) is 0 Å². The number of carbonyl (C=O) groups excluding carboxylic acids is 1. The van der Waals surface area contributed by atoms with E-state index < -0.39 is 5.97 Å². The minimum Gasteiger partial charge on any atom is -0.481 e. The summed E-state index contributed by atoms with van der Waals surface area (Å²) in [6.07, 6.45) is 3.70. The molecule has 1 atom stereocenters. The molecular formula is C18H18Cl2N2O4. The van der Waals surface area contributed by atoms with Crippen LogP contribution >= 0.6 is 23.2 Å². The number of nitrogens with zero attached hydrogens (tertiary/aromatic N) is 2. The standard InChI is InChI=1S/C18H18Cl2N2O4/c19-11-3-4-13(14(20)8-11)15-10-21-16(26-15)5-6-17(23)22-7-1-2-12(22)9-18(24)25/h3-4,8,10,12H,1-2,5-7,9H2,(H,24,25). The lowest BCUT2D eigenvalue weighted by molar-refractivity contribution is -0.139. The van der Waals surface area contributed by atoms with Gasteiger partial charge in [-0.15, -0.1) is 0 Å². The first kappa shape index (κ1) is 18.7. The SMILES string of the molecule is O=C(O)CC1CCCN1C(=O)CCc1ncc(-c2ccc(Cl)cc2Cl)o1. The number of aryl methyl sites for hydroxylation is 1. The van der Waals surface area contributed by atoms with E-state index in [0.717, 1.165) is 12.8 Å². The largest absolute Gasteiger partial charge is 0.481 e. The lowest BCUT2D eigenvalue weighted by Gasteiger charge is -2.23. The molecule has 6 nitrogen and oxygen atoms in total. The van der Waals surface area contributed by atoms with E-state index in [2.05, 4.69) is 4.98 Å². The number of rotatable bonds is 6. The van der Waals surface area contributed by atoms with Gasteiger partial charge in [-0.2, -0.15) is 0 Å². The van der Waals surface area contributed by atoms with E-state index in [9.17, 15) is 9.59 Å². The third-order valence-electron chi connectivity index (χ3n) is 4.41. The average Bonchev–Trinajstić information content (AvgIpc) is 3.21. The van der Waals surface area contributed by atoms with Crippen molar-refractivity contribution in [1.82, 2.24) is 9.88 Å². The van der Waals surface area contributed by atoms with E-state index in [4.69, 9.17) is 32.7 Å². The summed E-state index contributed by atoms with van der Waals surface area (Å²) >= 11 is 12.1. The predicted molar refractivity (Wildman–Crippen MR) is 97.3 cm³/mol. The lowest BCUT2D eigenvalue weighted by Crippen LogP contribution is -2.36. The number of halogens is 2. The van der Waals surface area contributed by atoms with Crippen LogP contribution in [-0.2, 0) is 16.0 Å². The van der Waals surface area contributed by atoms with Crippen LogP contribution in [0.25, 0.3) is 11.3 Å². The maximum Gasteiger partial charge on any atom is 0.305 e. The van der Waals surface area contributed by atoms with Crippen LogP contribution in [0.1, 0.15) is 31.6 Å². The van der Waals surface area contributed by atoms with Gasteiger partial charge in [-0.1, -0.05) is 23.2 Å². The van der Waals surface area contributed by atoms with Crippen molar-refractivity contribution >= 4 is 35.1 Å². The van der Waals surface area contributed by atoms with Gasteiger partial charge in [0.2, 0.25) is 5.91 Å². The molecular weight excluding hydrogens is 379 g/mol. The molecule has 0 spiro atoms. The van der Waals surface area contributed by atoms with Crippen molar-refractivity contribution in [3.63, 3.8) is 0 Å². The van der Waals surface area contributed by atoms with Gasteiger partial charge in [-0.25, -0.2) is 4.98 Å². The number of likely N-dealkylation sites (tertiary alicyclic amines) is 1. The van der Waals surface area contributed by atoms with Gasteiger partial charge in [-0.3, -0.25) is 9.59 Å². The zero-order valence-corrected chi connectivity index (χ0v) is 15.5. The smallest absolute Gasteiger partial charge is 0.305 e. The Bertz CT molecular complexity index is 821. The summed E-state index contributed by atoms with van der Waals surface area (Å²) < 4.78 is 5.69. The molecule has 1 aliphatic heterocycles. The van der Waals surface area contributed by atoms with Gasteiger partial charge in [0.15, 0.2) is 11.7 Å². The van der Waals surface area contributed by atoms with Crippen LogP contribution in [0.5, 0.6) is 0 Å². The number of hydrogen-bond donors (Lipinski definition) is 1. The highest BCUT2D eigenvalue weighted by Gasteiger charge is 2.30. The third kappa shape index (κ3) is 4.37. The number of hydrogen-bond acceptors (Lipinski definition) is 4. The Morgan fingerprint density at radius 2 is 2.15 bits per heavy atom. The Morgan fingerprint density at radius 1 is 1.35 bits per heavy atom. The second-order valence-electron chi connectivity index (χ2n) is 6.22. The van der Waals surface area contributed by atoms with Crippen molar-refractivity contribution in [2.75, 3.05) is 6.54 Å². The summed E-state index contributed by atoms with van der Waals surface area (Å²) in [6.45, 7) is 0.605. The van der Waals surface area contributed by atoms with Crippen molar-refractivity contribution in [3.05, 3.63) is 40.3 Å². The zero-order chi connectivity index (χ0) is 18.7. The van der Waals surface area contributed by atoms with Crippen LogP contribution in [0.2, 0.25) is 10.0 Å². The molecule has 26 heavy (non-hydrogen) atoms. The Kier molecular flexibility index (Phi) is 5.84. The number of oxazole rings is 1. The summed E-state index contributed by atoms with van der Waals surface area (Å²) in [5, 5.41) is 9.95. The highest BCUT2D eigenvalue weighted by atomic mass is 35.5. The van der Waals surface area contributed by atoms with Crippen LogP contribution in [0, 0.1) is 0 Å². The minimum atomic E-state index is -0.883. The molecule has 138 valence electrons. The fourth-order valence-corrected chi connectivity index (χ4v) is 3.68. The summed E-state index contributed by atoms with van der Waals surface area (Å²) in [5.41, 5.74) is 0.683. The minimum absolute atomic E-state index is 0.00996. The molecule has 1 aromatic heterocycles. The zero-order valence-electron chi connectivity index (χ0n) is 14.0. The van der Waals surface area contributed by atoms with Crippen molar-refractivity contribution in [1.29, 1.82) is 0 Å². The Balaban J connectivity index is 1.61. The summed E-state index contributed by atoms with van der Waals surface area (Å²) in [7, 11) is 0. The van der Waals surface area contributed by atoms with Gasteiger partial charge in [0, 0.05) is 36.0 Å². The topological polar surface area (TPSA) is 83.6 Å². The first-order chi connectivity index (χ1) is 12.4. The number of aliphatic carboxylic acids is 1. The van der Waals surface area contributed by atoms with E-state index in [0.29, 0.717) is 40.2 Å². The molecule has 2 heterocycles. The summed E-state index contributed by atoms with van der Waals surface area (Å²) in [5.74, 6) is -0.00250. The molecule has 1 saturated heterocycles. The summed E-state index contributed by atoms with van der Waals surface area (Å²) in [6, 6.07) is 4.87. The second kappa shape index (κ2) is 8.10. The highest BCUT2D eigenvalue weighted by Crippen LogP contribution is 2.31. The first-order valence-corrected chi connectivity index (χ1v) is 9.11. The molecule has 1 N–H and O–H groups in total. The second-order valence-corrected chi connectivity index (χ2v) is 7.07. The van der Waals surface area contributed by atoms with Crippen molar-refractivity contribution in [3.8, 4) is 11.3 Å². The number of carbonyl (C=O) groups is 2. The number of carboxylic acids is 1. The average molecular weight is 397 g/mol. The maximum absolute atomic E-state index is 12.4. The van der Waals surface area contributed by atoms with Crippen molar-refractivity contribution in [2.45, 2.75) is 38.1 Å². The van der Waals surface area contributed by atoms with Crippen LogP contribution < -0.4 is 0 Å². The Hall–Kier alpha value is -2.05. The molecule has 1 aromatic carbocycles. The fourth-order valence-electron chi connectivity index (χ4n) is 3.17. The van der Waals surface area contributed by atoms with Gasteiger partial charge in [0.25, 0.3) is 0 Å². The molecule has 1 aliphatic rings. The van der Waals surface area contributed by atoms with Gasteiger partial charge >= 0.3 is 5.97 Å². The normalized spacial score (nSPS) is 16.8. The van der Waals surface area contributed by atoms with E-state index in [-0.39, 0.29) is 24.8 Å². The summed E-state index contributed by atoms with van der Waals surface area (Å²) in [4.78, 5) is 29.2. The van der Waals surface area contributed by atoms with Gasteiger partial charge < -0.3 is 14.4 Å². The molecule has 3 rings (SSSR count). The van der Waals surface area contributed by atoms with Gasteiger partial charge in [0.05, 0.1) is 17.6 Å². The number of carboxylic acid groups (broad SMARTS) is 1. The van der Waals surface area contributed by atoms with E-state index in [1.807, 2.05) is 0 Å².